The summed E-state index contributed by atoms with van der Waals surface area (Å²) in [6.07, 6.45) is 1.99. The molecule has 1 aromatic carbocycles. The first kappa shape index (κ1) is 15.2. The van der Waals surface area contributed by atoms with Gasteiger partial charge in [-0.05, 0) is 18.2 Å². The molecule has 0 bridgehead atoms. The van der Waals surface area contributed by atoms with Crippen molar-refractivity contribution in [2.45, 2.75) is 4.90 Å². The molecule has 1 heterocycles. The topological polar surface area (TPSA) is 94.3 Å². The van der Waals surface area contributed by atoms with E-state index in [0.29, 0.717) is 12.3 Å². The Balaban J connectivity index is 2.29. The third kappa shape index (κ3) is 3.89. The maximum atomic E-state index is 13.1. The molecule has 0 aliphatic carbocycles. The number of nitrogens with one attached hydrogen (secondary N) is 1. The fraction of sp³-hybridized carbons (Fsp3) is 0.154. The largest absolute Gasteiger partial charge is 0.490 e. The minimum Gasteiger partial charge on any atom is -0.490 e. The molecule has 112 valence electrons. The number of hydrogen-bond donors (Lipinski definition) is 2. The number of ether oxygens (including phenoxy) is 1. The molecular formula is C13H14FN3O3S. The Bertz CT molecular complexity index is 722. The maximum absolute atomic E-state index is 13.1. The van der Waals surface area contributed by atoms with Gasteiger partial charge in [0.1, 0.15) is 23.1 Å². The van der Waals surface area contributed by atoms with Crippen molar-refractivity contribution in [3.63, 3.8) is 0 Å². The van der Waals surface area contributed by atoms with Gasteiger partial charge in [0.15, 0.2) is 0 Å². The first-order valence-electron chi connectivity index (χ1n) is 6.08. The number of benzene rings is 1. The van der Waals surface area contributed by atoms with Crippen molar-refractivity contribution in [3.05, 3.63) is 48.5 Å². The van der Waals surface area contributed by atoms with Crippen molar-refractivity contribution >= 4 is 15.7 Å². The van der Waals surface area contributed by atoms with Gasteiger partial charge in [-0.3, -0.25) is 9.71 Å². The Hall–Kier alpha value is -2.19. The van der Waals surface area contributed by atoms with E-state index in [0.717, 1.165) is 18.5 Å². The normalized spacial score (nSPS) is 11.1. The van der Waals surface area contributed by atoms with Crippen molar-refractivity contribution in [3.8, 4) is 5.75 Å². The van der Waals surface area contributed by atoms with Gasteiger partial charge >= 0.3 is 0 Å². The van der Waals surface area contributed by atoms with Crippen LogP contribution in [0.25, 0.3) is 0 Å². The summed E-state index contributed by atoms with van der Waals surface area (Å²) in [5, 5.41) is 0. The minimum atomic E-state index is -3.95. The Morgan fingerprint density at radius 1 is 1.29 bits per heavy atom. The zero-order valence-corrected chi connectivity index (χ0v) is 11.8. The molecule has 3 N–H and O–H groups in total. The SMILES string of the molecule is NCCOc1ccccc1NS(=O)(=O)c1cncc(F)c1. The van der Waals surface area contributed by atoms with Crippen LogP contribution in [0, 0.1) is 5.82 Å². The van der Waals surface area contributed by atoms with Gasteiger partial charge in [0.25, 0.3) is 10.0 Å². The molecule has 0 atom stereocenters. The number of pyridine rings is 1. The average molecular weight is 311 g/mol. The van der Waals surface area contributed by atoms with E-state index in [9.17, 15) is 12.8 Å². The van der Waals surface area contributed by atoms with E-state index in [1.54, 1.807) is 18.2 Å². The summed E-state index contributed by atoms with van der Waals surface area (Å²) in [4.78, 5) is 3.25. The molecule has 0 saturated carbocycles. The molecule has 2 rings (SSSR count). The third-order valence-corrected chi connectivity index (χ3v) is 3.83. The Labute approximate surface area is 121 Å². The summed E-state index contributed by atoms with van der Waals surface area (Å²) in [5.74, 6) is -0.388. The highest BCUT2D eigenvalue weighted by atomic mass is 32.2. The van der Waals surface area contributed by atoms with E-state index in [-0.39, 0.29) is 17.2 Å². The van der Waals surface area contributed by atoms with E-state index >= 15 is 0 Å². The van der Waals surface area contributed by atoms with Crippen LogP contribution in [0.3, 0.4) is 0 Å². The van der Waals surface area contributed by atoms with Crippen LogP contribution in [0.2, 0.25) is 0 Å². The number of nitrogens with two attached hydrogens (primary N) is 1. The van der Waals surface area contributed by atoms with E-state index in [2.05, 4.69) is 9.71 Å². The summed E-state index contributed by atoms with van der Waals surface area (Å²) in [6.45, 7) is 0.551. The molecule has 1 aromatic heterocycles. The second-order valence-corrected chi connectivity index (χ2v) is 5.76. The molecule has 0 aliphatic rings. The second-order valence-electron chi connectivity index (χ2n) is 4.08. The first-order chi connectivity index (χ1) is 10.0. The standard InChI is InChI=1S/C13H14FN3O3S/c14-10-7-11(9-16-8-10)21(18,19)17-12-3-1-2-4-13(12)20-6-5-15/h1-4,7-9,17H,5-6,15H2. The maximum Gasteiger partial charge on any atom is 0.263 e. The lowest BCUT2D eigenvalue weighted by molar-refractivity contribution is 0.330. The molecule has 0 unspecified atom stereocenters. The van der Waals surface area contributed by atoms with Gasteiger partial charge in [-0.2, -0.15) is 0 Å². The van der Waals surface area contributed by atoms with Crippen LogP contribution in [0.1, 0.15) is 0 Å². The first-order valence-corrected chi connectivity index (χ1v) is 7.56. The van der Waals surface area contributed by atoms with Crippen LogP contribution in [-0.2, 0) is 10.0 Å². The van der Waals surface area contributed by atoms with Gasteiger partial charge in [-0.25, -0.2) is 12.8 Å². The van der Waals surface area contributed by atoms with Gasteiger partial charge in [0.2, 0.25) is 0 Å². The van der Waals surface area contributed by atoms with Gasteiger partial charge < -0.3 is 10.5 Å². The lowest BCUT2D eigenvalue weighted by atomic mass is 10.3. The number of hydrogen-bond acceptors (Lipinski definition) is 5. The highest BCUT2D eigenvalue weighted by Gasteiger charge is 2.17. The van der Waals surface area contributed by atoms with Crippen LogP contribution < -0.4 is 15.2 Å². The number of halogens is 1. The Morgan fingerprint density at radius 2 is 2.05 bits per heavy atom. The number of anilines is 1. The average Bonchev–Trinajstić information content (AvgIpc) is 2.46. The minimum absolute atomic E-state index is 0.246. The van der Waals surface area contributed by atoms with Crippen LogP contribution in [0.15, 0.2) is 47.6 Å². The Morgan fingerprint density at radius 3 is 2.76 bits per heavy atom. The molecule has 6 nitrogen and oxygen atoms in total. The van der Waals surface area contributed by atoms with Gasteiger partial charge in [0, 0.05) is 12.7 Å². The van der Waals surface area contributed by atoms with Crippen LogP contribution in [-0.4, -0.2) is 26.6 Å². The van der Waals surface area contributed by atoms with Crippen LogP contribution in [0.5, 0.6) is 5.75 Å². The zero-order chi connectivity index (χ0) is 15.3. The molecule has 0 amide bonds. The van der Waals surface area contributed by atoms with E-state index in [1.165, 1.54) is 6.07 Å². The highest BCUT2D eigenvalue weighted by molar-refractivity contribution is 7.92. The lowest BCUT2D eigenvalue weighted by Crippen LogP contribution is -2.16. The zero-order valence-electron chi connectivity index (χ0n) is 11.0. The van der Waals surface area contributed by atoms with Crippen molar-refractivity contribution in [2.75, 3.05) is 17.9 Å². The number of aromatic nitrogens is 1. The van der Waals surface area contributed by atoms with Crippen molar-refractivity contribution in [1.82, 2.24) is 4.98 Å². The lowest BCUT2D eigenvalue weighted by Gasteiger charge is -2.13. The molecule has 0 spiro atoms. The van der Waals surface area contributed by atoms with Crippen molar-refractivity contribution < 1.29 is 17.5 Å². The molecule has 0 fully saturated rings. The predicted molar refractivity (Wildman–Crippen MR) is 76.0 cm³/mol. The van der Waals surface area contributed by atoms with E-state index in [1.807, 2.05) is 0 Å². The van der Waals surface area contributed by atoms with E-state index in [4.69, 9.17) is 10.5 Å². The summed E-state index contributed by atoms with van der Waals surface area (Å²) >= 11 is 0. The highest BCUT2D eigenvalue weighted by Crippen LogP contribution is 2.26. The molecule has 0 saturated heterocycles. The quantitative estimate of drug-likeness (QED) is 0.840. The summed E-state index contributed by atoms with van der Waals surface area (Å²) in [6, 6.07) is 7.39. The third-order valence-electron chi connectivity index (χ3n) is 2.50. The van der Waals surface area contributed by atoms with E-state index < -0.39 is 15.8 Å². The molecule has 8 heteroatoms. The molecule has 21 heavy (non-hydrogen) atoms. The van der Waals surface area contributed by atoms with Crippen LogP contribution in [0.4, 0.5) is 10.1 Å². The van der Waals surface area contributed by atoms with Gasteiger partial charge in [0.05, 0.1) is 11.9 Å². The number of para-hydroxylation sites is 2. The number of nitrogens with zero attached hydrogens (tertiary/aromatic N) is 1. The smallest absolute Gasteiger partial charge is 0.263 e. The second kappa shape index (κ2) is 6.51. The van der Waals surface area contributed by atoms with Gasteiger partial charge in [-0.15, -0.1) is 0 Å². The van der Waals surface area contributed by atoms with Crippen molar-refractivity contribution in [2.24, 2.45) is 5.73 Å². The van der Waals surface area contributed by atoms with Crippen LogP contribution >= 0.6 is 0 Å². The number of rotatable bonds is 6. The molecule has 0 radical (unpaired) electrons. The summed E-state index contributed by atoms with van der Waals surface area (Å²) < 4.78 is 45.1. The Kier molecular flexibility index (Phi) is 4.71. The fourth-order valence-electron chi connectivity index (χ4n) is 1.59. The van der Waals surface area contributed by atoms with Crippen molar-refractivity contribution in [1.29, 1.82) is 0 Å². The van der Waals surface area contributed by atoms with Gasteiger partial charge in [-0.1, -0.05) is 12.1 Å². The molecule has 2 aromatic rings. The summed E-state index contributed by atoms with van der Waals surface area (Å²) in [5.41, 5.74) is 5.59. The number of sulfonamides is 1. The molecular weight excluding hydrogens is 297 g/mol. The summed E-state index contributed by atoms with van der Waals surface area (Å²) in [7, 11) is -3.95. The monoisotopic (exact) mass is 311 g/mol. The molecule has 0 aliphatic heterocycles. The fourth-order valence-corrected chi connectivity index (χ4v) is 2.63. The predicted octanol–water partition coefficient (Wildman–Crippen LogP) is 1.36.